The molecule has 0 aliphatic carbocycles. The highest BCUT2D eigenvalue weighted by Gasteiger charge is 2.15. The first-order valence-corrected chi connectivity index (χ1v) is 8.22. The van der Waals surface area contributed by atoms with Gasteiger partial charge in [-0.05, 0) is 44.4 Å². The van der Waals surface area contributed by atoms with Gasteiger partial charge in [-0.25, -0.2) is 0 Å². The van der Waals surface area contributed by atoms with Gasteiger partial charge in [-0.15, -0.1) is 0 Å². The lowest BCUT2D eigenvalue weighted by Crippen LogP contribution is -2.31. The van der Waals surface area contributed by atoms with Gasteiger partial charge in [0.05, 0.1) is 0 Å². The van der Waals surface area contributed by atoms with E-state index < -0.39 is 0 Å². The van der Waals surface area contributed by atoms with Crippen LogP contribution in [0.3, 0.4) is 0 Å². The van der Waals surface area contributed by atoms with Crippen molar-refractivity contribution in [1.29, 1.82) is 0 Å². The van der Waals surface area contributed by atoms with Gasteiger partial charge in [-0.1, -0.05) is 64.2 Å². The van der Waals surface area contributed by atoms with Crippen LogP contribution in [0, 0.1) is 11.8 Å². The van der Waals surface area contributed by atoms with Crippen molar-refractivity contribution in [2.24, 2.45) is 11.8 Å². The van der Waals surface area contributed by atoms with E-state index in [0.717, 1.165) is 31.2 Å². The molecule has 0 spiro atoms. The van der Waals surface area contributed by atoms with Gasteiger partial charge < -0.3 is 5.32 Å². The van der Waals surface area contributed by atoms with Crippen molar-refractivity contribution in [1.82, 2.24) is 5.32 Å². The van der Waals surface area contributed by atoms with Gasteiger partial charge in [0.1, 0.15) is 0 Å². The normalized spacial score (nSPS) is 17.1. The van der Waals surface area contributed by atoms with Gasteiger partial charge in [0.25, 0.3) is 0 Å². The van der Waals surface area contributed by atoms with E-state index in [2.05, 4.69) is 64.7 Å². The fraction of sp³-hybridized carbons (Fsp3) is 0.684. The van der Waals surface area contributed by atoms with E-state index in [1.165, 1.54) is 18.4 Å². The van der Waals surface area contributed by atoms with E-state index in [1.807, 2.05) is 6.08 Å². The predicted molar refractivity (Wildman–Crippen MR) is 93.0 cm³/mol. The van der Waals surface area contributed by atoms with Crippen LogP contribution in [0.25, 0.3) is 0 Å². The minimum absolute atomic E-state index is 0.637. The standard InChI is InChI=1S/C19H35N/c1-7-10-11-14-20-19(9-3)15-18(6)17(5)13-12-16(4)8-2/h8,10-12,17-20H,2,7,9,13-15H2,1,3-6H3/b11-10-,16-12+. The van der Waals surface area contributed by atoms with Crippen LogP contribution >= 0.6 is 0 Å². The molecule has 0 aliphatic rings. The summed E-state index contributed by atoms with van der Waals surface area (Å²) in [6.07, 6.45) is 13.5. The van der Waals surface area contributed by atoms with Crippen LogP contribution in [0.1, 0.15) is 60.3 Å². The fourth-order valence-electron chi connectivity index (χ4n) is 2.25. The molecule has 0 amide bonds. The van der Waals surface area contributed by atoms with Crippen molar-refractivity contribution in [2.75, 3.05) is 6.54 Å². The summed E-state index contributed by atoms with van der Waals surface area (Å²) in [5.41, 5.74) is 1.29. The van der Waals surface area contributed by atoms with Crippen molar-refractivity contribution < 1.29 is 0 Å². The first-order chi connectivity index (χ1) is 9.54. The number of nitrogens with one attached hydrogen (secondary N) is 1. The van der Waals surface area contributed by atoms with Crippen molar-refractivity contribution in [2.45, 2.75) is 66.3 Å². The summed E-state index contributed by atoms with van der Waals surface area (Å²) < 4.78 is 0. The molecule has 0 aromatic rings. The molecule has 0 aromatic heterocycles. The SMILES string of the molecule is C=C/C(C)=C/CC(C)C(C)CC(CC)NC/C=C\CC. The molecule has 0 saturated carbocycles. The zero-order valence-electron chi connectivity index (χ0n) is 14.3. The smallest absolute Gasteiger partial charge is 0.0137 e. The van der Waals surface area contributed by atoms with E-state index in [0.29, 0.717) is 6.04 Å². The molecule has 0 aliphatic heterocycles. The van der Waals surface area contributed by atoms with Crippen LogP contribution < -0.4 is 5.32 Å². The van der Waals surface area contributed by atoms with Crippen LogP contribution in [-0.4, -0.2) is 12.6 Å². The largest absolute Gasteiger partial charge is 0.311 e. The highest BCUT2D eigenvalue weighted by Crippen LogP contribution is 2.22. The number of hydrogen-bond donors (Lipinski definition) is 1. The summed E-state index contributed by atoms with van der Waals surface area (Å²) in [7, 11) is 0. The topological polar surface area (TPSA) is 12.0 Å². The molecule has 3 atom stereocenters. The average Bonchev–Trinajstić information content (AvgIpc) is 2.46. The molecule has 116 valence electrons. The van der Waals surface area contributed by atoms with Gasteiger partial charge in [0.15, 0.2) is 0 Å². The molecular weight excluding hydrogens is 242 g/mol. The Morgan fingerprint density at radius 1 is 1.15 bits per heavy atom. The van der Waals surface area contributed by atoms with Gasteiger partial charge in [0, 0.05) is 12.6 Å². The molecule has 1 N–H and O–H groups in total. The molecule has 0 radical (unpaired) electrons. The van der Waals surface area contributed by atoms with E-state index in [4.69, 9.17) is 0 Å². The van der Waals surface area contributed by atoms with Crippen molar-refractivity contribution >= 4 is 0 Å². The second kappa shape index (κ2) is 12.0. The molecule has 20 heavy (non-hydrogen) atoms. The lowest BCUT2D eigenvalue weighted by molar-refractivity contribution is 0.315. The molecule has 0 heterocycles. The Hall–Kier alpha value is -0.820. The minimum atomic E-state index is 0.637. The van der Waals surface area contributed by atoms with Gasteiger partial charge >= 0.3 is 0 Å². The van der Waals surface area contributed by atoms with Crippen molar-refractivity contribution in [3.8, 4) is 0 Å². The quantitative estimate of drug-likeness (QED) is 0.388. The summed E-state index contributed by atoms with van der Waals surface area (Å²) in [4.78, 5) is 0. The van der Waals surface area contributed by atoms with E-state index in [9.17, 15) is 0 Å². The Bertz CT molecular complexity index is 301. The summed E-state index contributed by atoms with van der Waals surface area (Å²) in [6, 6.07) is 0.637. The van der Waals surface area contributed by atoms with Crippen LogP contribution in [0.2, 0.25) is 0 Å². The Morgan fingerprint density at radius 2 is 1.85 bits per heavy atom. The van der Waals surface area contributed by atoms with Crippen molar-refractivity contribution in [3.05, 3.63) is 36.5 Å². The number of allylic oxidation sites excluding steroid dienone is 4. The van der Waals surface area contributed by atoms with E-state index in [-0.39, 0.29) is 0 Å². The maximum absolute atomic E-state index is 3.81. The van der Waals surface area contributed by atoms with Gasteiger partial charge in [0.2, 0.25) is 0 Å². The van der Waals surface area contributed by atoms with Crippen LogP contribution in [0.4, 0.5) is 0 Å². The van der Waals surface area contributed by atoms with Gasteiger partial charge in [-0.2, -0.15) is 0 Å². The summed E-state index contributed by atoms with van der Waals surface area (Å²) in [5.74, 6) is 1.48. The molecule has 0 aromatic carbocycles. The summed E-state index contributed by atoms with van der Waals surface area (Å²) >= 11 is 0. The molecule has 3 unspecified atom stereocenters. The zero-order chi connectivity index (χ0) is 15.4. The third-order valence-corrected chi connectivity index (χ3v) is 4.18. The zero-order valence-corrected chi connectivity index (χ0v) is 14.3. The molecule has 0 saturated heterocycles. The lowest BCUT2D eigenvalue weighted by Gasteiger charge is -2.24. The third kappa shape index (κ3) is 9.14. The lowest BCUT2D eigenvalue weighted by atomic mass is 9.86. The number of rotatable bonds is 11. The van der Waals surface area contributed by atoms with Crippen molar-refractivity contribution in [3.63, 3.8) is 0 Å². The Balaban J connectivity index is 4.15. The fourth-order valence-corrected chi connectivity index (χ4v) is 2.25. The maximum atomic E-state index is 3.81. The first-order valence-electron chi connectivity index (χ1n) is 8.22. The predicted octanol–water partition coefficient (Wildman–Crippen LogP) is 5.51. The van der Waals surface area contributed by atoms with E-state index >= 15 is 0 Å². The molecule has 0 fully saturated rings. The monoisotopic (exact) mass is 277 g/mol. The molecule has 1 heteroatoms. The highest BCUT2D eigenvalue weighted by atomic mass is 14.9. The van der Waals surface area contributed by atoms with Gasteiger partial charge in [-0.3, -0.25) is 0 Å². The molecular formula is C19H35N. The Labute approximate surface area is 127 Å². The second-order valence-electron chi connectivity index (χ2n) is 5.97. The van der Waals surface area contributed by atoms with E-state index in [1.54, 1.807) is 0 Å². The highest BCUT2D eigenvalue weighted by molar-refractivity contribution is 5.12. The average molecular weight is 277 g/mol. The third-order valence-electron chi connectivity index (χ3n) is 4.18. The van der Waals surface area contributed by atoms with Crippen LogP contribution in [0.15, 0.2) is 36.5 Å². The first kappa shape index (κ1) is 19.2. The van der Waals surface area contributed by atoms with Crippen LogP contribution in [-0.2, 0) is 0 Å². The second-order valence-corrected chi connectivity index (χ2v) is 5.97. The number of hydrogen-bond acceptors (Lipinski definition) is 1. The maximum Gasteiger partial charge on any atom is 0.0137 e. The molecule has 1 nitrogen and oxygen atoms in total. The molecule has 0 rings (SSSR count). The minimum Gasteiger partial charge on any atom is -0.311 e. The summed E-state index contributed by atoms with van der Waals surface area (Å²) in [6.45, 7) is 16.1. The summed E-state index contributed by atoms with van der Waals surface area (Å²) in [5, 5.41) is 3.65. The van der Waals surface area contributed by atoms with Crippen LogP contribution in [0.5, 0.6) is 0 Å². The molecule has 0 bridgehead atoms. The Kier molecular flexibility index (Phi) is 11.5. The Morgan fingerprint density at radius 3 is 2.40 bits per heavy atom.